The van der Waals surface area contributed by atoms with E-state index in [-0.39, 0.29) is 0 Å². The molecule has 0 amide bonds. The molecule has 1 aliphatic heterocycles. The van der Waals surface area contributed by atoms with E-state index in [0.717, 1.165) is 24.5 Å². The average Bonchev–Trinajstić information content (AvgIpc) is 2.70. The predicted octanol–water partition coefficient (Wildman–Crippen LogP) is 1.50. The summed E-state index contributed by atoms with van der Waals surface area (Å²) in [5, 5.41) is 10.5. The van der Waals surface area contributed by atoms with E-state index in [4.69, 9.17) is 0 Å². The normalized spacial score (nSPS) is 16.3. The summed E-state index contributed by atoms with van der Waals surface area (Å²) in [4.78, 5) is 6.69. The van der Waals surface area contributed by atoms with Crippen LogP contribution in [0.15, 0.2) is 18.3 Å². The summed E-state index contributed by atoms with van der Waals surface area (Å²) in [5.41, 5.74) is 1.09. The van der Waals surface area contributed by atoms with Crippen molar-refractivity contribution in [1.29, 1.82) is 0 Å². The topological polar surface area (TPSA) is 39.6 Å². The fourth-order valence-corrected chi connectivity index (χ4v) is 2.01. The van der Waals surface area contributed by atoms with Crippen molar-refractivity contribution >= 4 is 5.82 Å². The molecule has 0 bridgehead atoms. The molecule has 1 aliphatic rings. The molecule has 1 aromatic heterocycles. The number of aromatic nitrogens is 1. The van der Waals surface area contributed by atoms with Crippen LogP contribution in [0.5, 0.6) is 0 Å². The third-order valence-corrected chi connectivity index (χ3v) is 2.67. The Bertz CT molecular complexity index is 321. The van der Waals surface area contributed by atoms with Crippen LogP contribution in [0.2, 0.25) is 0 Å². The second-order valence-electron chi connectivity index (χ2n) is 4.00. The van der Waals surface area contributed by atoms with E-state index in [1.165, 1.54) is 17.9 Å². The van der Waals surface area contributed by atoms with Crippen LogP contribution in [-0.4, -0.2) is 35.4 Å². The summed E-state index contributed by atoms with van der Waals surface area (Å²) in [7, 11) is 1.65. The van der Waals surface area contributed by atoms with E-state index in [1.807, 2.05) is 18.3 Å². The molecule has 4 nitrogen and oxygen atoms in total. The van der Waals surface area contributed by atoms with E-state index >= 15 is 0 Å². The lowest BCUT2D eigenvalue weighted by molar-refractivity contribution is -0.0731. The predicted molar refractivity (Wildman–Crippen MR) is 58.9 cm³/mol. The molecule has 0 unspecified atom stereocenters. The van der Waals surface area contributed by atoms with Crippen LogP contribution >= 0.6 is 0 Å². The van der Waals surface area contributed by atoms with Gasteiger partial charge in [-0.25, -0.2) is 4.98 Å². The fraction of sp³-hybridized carbons (Fsp3) is 0.545. The van der Waals surface area contributed by atoms with Gasteiger partial charge in [0, 0.05) is 31.9 Å². The third-order valence-electron chi connectivity index (χ3n) is 2.67. The molecule has 1 N–H and O–H groups in total. The van der Waals surface area contributed by atoms with Gasteiger partial charge in [0.25, 0.3) is 0 Å². The number of nitrogens with zero attached hydrogens (tertiary/aromatic N) is 3. The van der Waals surface area contributed by atoms with Crippen molar-refractivity contribution in [3.8, 4) is 0 Å². The minimum Gasteiger partial charge on any atom is -0.356 e. The quantitative estimate of drug-likeness (QED) is 0.762. The molecule has 1 fully saturated rings. The van der Waals surface area contributed by atoms with Crippen molar-refractivity contribution in [2.75, 3.05) is 25.0 Å². The lowest BCUT2D eigenvalue weighted by atomic mass is 10.2. The van der Waals surface area contributed by atoms with Crippen molar-refractivity contribution in [1.82, 2.24) is 10.0 Å². The molecule has 4 heteroatoms. The van der Waals surface area contributed by atoms with Crippen LogP contribution in [-0.2, 0) is 6.54 Å². The Labute approximate surface area is 90.1 Å². The van der Waals surface area contributed by atoms with Gasteiger partial charge >= 0.3 is 0 Å². The third kappa shape index (κ3) is 2.46. The van der Waals surface area contributed by atoms with Crippen LogP contribution in [0.25, 0.3) is 0 Å². The molecular weight excluding hydrogens is 190 g/mol. The molecule has 1 aromatic rings. The number of hydroxylamine groups is 2. The maximum Gasteiger partial charge on any atom is 0.133 e. The first kappa shape index (κ1) is 10.4. The Morgan fingerprint density at radius 1 is 1.47 bits per heavy atom. The molecule has 0 aromatic carbocycles. The zero-order valence-corrected chi connectivity index (χ0v) is 9.06. The number of hydrogen-bond acceptors (Lipinski definition) is 4. The van der Waals surface area contributed by atoms with Gasteiger partial charge in [0.2, 0.25) is 0 Å². The van der Waals surface area contributed by atoms with Gasteiger partial charge in [-0.2, -0.15) is 5.06 Å². The van der Waals surface area contributed by atoms with Crippen molar-refractivity contribution in [3.63, 3.8) is 0 Å². The summed E-state index contributed by atoms with van der Waals surface area (Å²) < 4.78 is 0. The first-order valence-corrected chi connectivity index (χ1v) is 5.36. The molecule has 0 spiro atoms. The monoisotopic (exact) mass is 207 g/mol. The Hall–Kier alpha value is -1.13. The molecule has 15 heavy (non-hydrogen) atoms. The van der Waals surface area contributed by atoms with Gasteiger partial charge in [0.15, 0.2) is 0 Å². The summed E-state index contributed by atoms with van der Waals surface area (Å²) in [5.74, 6) is 1.02. The molecule has 2 rings (SSSR count). The molecule has 0 aliphatic carbocycles. The van der Waals surface area contributed by atoms with Crippen molar-refractivity contribution in [2.24, 2.45) is 0 Å². The lowest BCUT2D eigenvalue weighted by Gasteiger charge is -2.20. The Morgan fingerprint density at radius 2 is 2.20 bits per heavy atom. The number of pyridine rings is 1. The van der Waals surface area contributed by atoms with Gasteiger partial charge in [0.05, 0.1) is 6.54 Å². The molecule has 0 radical (unpaired) electrons. The SMILES string of the molecule is CN(O)Cc1cccnc1N1CCCC1. The minimum absolute atomic E-state index is 0.527. The van der Waals surface area contributed by atoms with Crippen LogP contribution in [0.3, 0.4) is 0 Å². The first-order chi connectivity index (χ1) is 7.27. The Balaban J connectivity index is 2.20. The van der Waals surface area contributed by atoms with Crippen molar-refractivity contribution in [3.05, 3.63) is 23.9 Å². The fourth-order valence-electron chi connectivity index (χ4n) is 2.01. The van der Waals surface area contributed by atoms with Crippen LogP contribution in [0.1, 0.15) is 18.4 Å². The standard InChI is InChI=1S/C11H17N3O/c1-13(15)9-10-5-4-6-12-11(10)14-7-2-3-8-14/h4-6,15H,2-3,7-9H2,1H3. The largest absolute Gasteiger partial charge is 0.356 e. The van der Waals surface area contributed by atoms with Gasteiger partial charge in [-0.3, -0.25) is 0 Å². The highest BCUT2D eigenvalue weighted by molar-refractivity contribution is 5.47. The summed E-state index contributed by atoms with van der Waals surface area (Å²) in [6.07, 6.45) is 4.30. The molecule has 0 atom stereocenters. The molecule has 1 saturated heterocycles. The summed E-state index contributed by atoms with van der Waals surface area (Å²) in [6, 6.07) is 3.94. The molecule has 2 heterocycles. The van der Waals surface area contributed by atoms with Crippen molar-refractivity contribution < 1.29 is 5.21 Å². The lowest BCUT2D eigenvalue weighted by Crippen LogP contribution is -2.22. The van der Waals surface area contributed by atoms with Crippen molar-refractivity contribution in [2.45, 2.75) is 19.4 Å². The first-order valence-electron chi connectivity index (χ1n) is 5.36. The summed E-state index contributed by atoms with van der Waals surface area (Å²) >= 11 is 0. The molecule has 0 saturated carbocycles. The Morgan fingerprint density at radius 3 is 2.87 bits per heavy atom. The van der Waals surface area contributed by atoms with Gasteiger partial charge in [-0.1, -0.05) is 6.07 Å². The highest BCUT2D eigenvalue weighted by Gasteiger charge is 2.16. The highest BCUT2D eigenvalue weighted by Crippen LogP contribution is 2.22. The highest BCUT2D eigenvalue weighted by atomic mass is 16.5. The summed E-state index contributed by atoms with van der Waals surface area (Å²) in [6.45, 7) is 2.69. The molecule has 82 valence electrons. The second kappa shape index (κ2) is 4.59. The van der Waals surface area contributed by atoms with Gasteiger partial charge < -0.3 is 10.1 Å². The number of hydrogen-bond donors (Lipinski definition) is 1. The minimum atomic E-state index is 0.527. The van der Waals surface area contributed by atoms with Crippen LogP contribution < -0.4 is 4.90 Å². The zero-order valence-electron chi connectivity index (χ0n) is 9.06. The molecular formula is C11H17N3O. The van der Waals surface area contributed by atoms with E-state index < -0.39 is 0 Å². The zero-order chi connectivity index (χ0) is 10.7. The van der Waals surface area contributed by atoms with Crippen LogP contribution in [0.4, 0.5) is 5.82 Å². The smallest absolute Gasteiger partial charge is 0.133 e. The van der Waals surface area contributed by atoms with E-state index in [2.05, 4.69) is 9.88 Å². The number of rotatable bonds is 3. The number of anilines is 1. The van der Waals surface area contributed by atoms with Gasteiger partial charge in [-0.15, -0.1) is 0 Å². The van der Waals surface area contributed by atoms with Gasteiger partial charge in [0.1, 0.15) is 5.82 Å². The van der Waals surface area contributed by atoms with Gasteiger partial charge in [-0.05, 0) is 18.9 Å². The second-order valence-corrected chi connectivity index (χ2v) is 4.00. The maximum atomic E-state index is 9.26. The van der Waals surface area contributed by atoms with E-state index in [1.54, 1.807) is 7.05 Å². The maximum absolute atomic E-state index is 9.26. The van der Waals surface area contributed by atoms with Crippen LogP contribution in [0, 0.1) is 0 Å². The van der Waals surface area contributed by atoms with E-state index in [9.17, 15) is 5.21 Å². The average molecular weight is 207 g/mol. The Kier molecular flexibility index (Phi) is 3.18. The van der Waals surface area contributed by atoms with E-state index in [0.29, 0.717) is 6.54 Å².